The van der Waals surface area contributed by atoms with Crippen LogP contribution in [0.15, 0.2) is 48.5 Å². The quantitative estimate of drug-likeness (QED) is 0.684. The van der Waals surface area contributed by atoms with E-state index in [1.165, 1.54) is 11.1 Å². The zero-order valence-corrected chi connectivity index (χ0v) is 19.4. The fourth-order valence-electron chi connectivity index (χ4n) is 5.92. The van der Waals surface area contributed by atoms with Gasteiger partial charge in [-0.05, 0) is 62.8 Å². The molecule has 3 heterocycles. The van der Waals surface area contributed by atoms with Crippen molar-refractivity contribution in [2.45, 2.75) is 64.1 Å². The first-order valence-electron chi connectivity index (χ1n) is 12.0. The summed E-state index contributed by atoms with van der Waals surface area (Å²) in [6, 6.07) is 15.8. The summed E-state index contributed by atoms with van der Waals surface area (Å²) in [5.41, 5.74) is 3.06. The molecule has 0 aromatic heterocycles. The van der Waals surface area contributed by atoms with Crippen LogP contribution in [0.25, 0.3) is 0 Å². The third kappa shape index (κ3) is 3.52. The van der Waals surface area contributed by atoms with Crippen molar-refractivity contribution in [3.8, 4) is 0 Å². The lowest BCUT2D eigenvalue weighted by molar-refractivity contribution is -0.132. The van der Waals surface area contributed by atoms with Gasteiger partial charge in [0.25, 0.3) is 5.91 Å². The van der Waals surface area contributed by atoms with Crippen molar-refractivity contribution in [3.63, 3.8) is 0 Å². The number of hydrogen-bond acceptors (Lipinski definition) is 3. The molecule has 33 heavy (non-hydrogen) atoms. The van der Waals surface area contributed by atoms with Gasteiger partial charge in [0.05, 0.1) is 17.3 Å². The monoisotopic (exact) mass is 445 g/mol. The molecule has 2 aromatic rings. The summed E-state index contributed by atoms with van der Waals surface area (Å²) in [5, 5.41) is 0. The van der Waals surface area contributed by atoms with Crippen molar-refractivity contribution in [2.24, 2.45) is 0 Å². The Balaban J connectivity index is 1.30. The Morgan fingerprint density at radius 3 is 2.67 bits per heavy atom. The summed E-state index contributed by atoms with van der Waals surface area (Å²) in [7, 11) is 0. The highest BCUT2D eigenvalue weighted by molar-refractivity contribution is 6.10. The van der Waals surface area contributed by atoms with Crippen LogP contribution in [-0.4, -0.2) is 46.3 Å². The predicted molar refractivity (Wildman–Crippen MR) is 127 cm³/mol. The minimum absolute atomic E-state index is 0.0505. The first-order chi connectivity index (χ1) is 15.9. The topological polar surface area (TPSA) is 60.9 Å². The molecule has 0 aliphatic carbocycles. The van der Waals surface area contributed by atoms with E-state index in [1.807, 2.05) is 47.1 Å². The summed E-state index contributed by atoms with van der Waals surface area (Å²) in [4.78, 5) is 44.9. The number of hydrogen-bond donors (Lipinski definition) is 0. The Labute approximate surface area is 195 Å². The average Bonchev–Trinajstić information content (AvgIpc) is 3.41. The zero-order chi connectivity index (χ0) is 23.2. The van der Waals surface area contributed by atoms with Gasteiger partial charge in [-0.25, -0.2) is 0 Å². The van der Waals surface area contributed by atoms with E-state index in [1.54, 1.807) is 11.0 Å². The van der Waals surface area contributed by atoms with Crippen LogP contribution in [0.3, 0.4) is 0 Å². The van der Waals surface area contributed by atoms with Gasteiger partial charge in [-0.2, -0.15) is 0 Å². The molecule has 2 fully saturated rings. The largest absolute Gasteiger partial charge is 0.336 e. The molecule has 0 spiro atoms. The normalized spacial score (nSPS) is 24.3. The molecule has 6 heteroatoms. The van der Waals surface area contributed by atoms with Crippen LogP contribution >= 0.6 is 0 Å². The molecule has 2 atom stereocenters. The third-order valence-electron chi connectivity index (χ3n) is 7.64. The van der Waals surface area contributed by atoms with E-state index in [0.717, 1.165) is 19.4 Å². The summed E-state index contributed by atoms with van der Waals surface area (Å²) in [6.07, 6.45) is 4.04. The third-order valence-corrected chi connectivity index (χ3v) is 7.64. The summed E-state index contributed by atoms with van der Waals surface area (Å²) in [5.74, 6) is 0.150. The van der Waals surface area contributed by atoms with Gasteiger partial charge in [-0.15, -0.1) is 0 Å². The lowest BCUT2D eigenvalue weighted by atomic mass is 9.97. The zero-order valence-electron chi connectivity index (χ0n) is 19.4. The molecular weight excluding hydrogens is 414 g/mol. The number of fused-ring (bicyclic) bond motifs is 3. The Morgan fingerprint density at radius 1 is 1.09 bits per heavy atom. The number of benzene rings is 2. The van der Waals surface area contributed by atoms with E-state index in [0.29, 0.717) is 43.5 Å². The highest BCUT2D eigenvalue weighted by Crippen LogP contribution is 2.44. The molecule has 172 valence electrons. The molecule has 0 N–H and O–H groups in total. The fourth-order valence-corrected chi connectivity index (χ4v) is 5.92. The summed E-state index contributed by atoms with van der Waals surface area (Å²) < 4.78 is 0. The number of nitrogens with zero attached hydrogens (tertiary/aromatic N) is 3. The van der Waals surface area contributed by atoms with E-state index in [9.17, 15) is 14.4 Å². The molecule has 3 aliphatic heterocycles. The number of carbonyl (C=O) groups excluding carboxylic acids is 3. The minimum atomic E-state index is -0.664. The highest BCUT2D eigenvalue weighted by Gasteiger charge is 2.52. The van der Waals surface area contributed by atoms with Gasteiger partial charge < -0.3 is 9.80 Å². The summed E-state index contributed by atoms with van der Waals surface area (Å²) >= 11 is 0. The molecule has 2 unspecified atom stereocenters. The second kappa shape index (κ2) is 8.32. The van der Waals surface area contributed by atoms with Crippen molar-refractivity contribution >= 4 is 23.4 Å². The number of anilines is 1. The first kappa shape index (κ1) is 21.7. The predicted octanol–water partition coefficient (Wildman–Crippen LogP) is 4.44. The molecule has 6 nitrogen and oxygen atoms in total. The maximum atomic E-state index is 13.4. The Bertz CT molecular complexity index is 1110. The van der Waals surface area contributed by atoms with Gasteiger partial charge >= 0.3 is 0 Å². The van der Waals surface area contributed by atoms with E-state index in [2.05, 4.69) is 19.1 Å². The van der Waals surface area contributed by atoms with Crippen LogP contribution in [0.2, 0.25) is 0 Å². The standard InChI is InChI=1S/C27H31N3O3/c1-19-9-3-4-10-20(19)22-13-7-17-28(22)24(31)14-8-18-29-26(33)21-11-5-6-12-23(21)30-25(32)15-16-27(29,30)2/h3-6,9-12,22H,7-8,13-18H2,1-2H3. The van der Waals surface area contributed by atoms with Crippen molar-refractivity contribution in [1.82, 2.24) is 9.80 Å². The van der Waals surface area contributed by atoms with Gasteiger partial charge in [0.15, 0.2) is 0 Å². The van der Waals surface area contributed by atoms with Crippen molar-refractivity contribution < 1.29 is 14.4 Å². The summed E-state index contributed by atoms with van der Waals surface area (Å²) in [6.45, 7) is 5.32. The lowest BCUT2D eigenvalue weighted by Crippen LogP contribution is -2.62. The van der Waals surface area contributed by atoms with Crippen molar-refractivity contribution in [3.05, 3.63) is 65.2 Å². The Hall–Kier alpha value is -3.15. The van der Waals surface area contributed by atoms with Gasteiger partial charge in [-0.1, -0.05) is 36.4 Å². The van der Waals surface area contributed by atoms with E-state index in [-0.39, 0.29) is 23.8 Å². The van der Waals surface area contributed by atoms with Crippen LogP contribution in [-0.2, 0) is 9.59 Å². The van der Waals surface area contributed by atoms with Gasteiger partial charge in [0.2, 0.25) is 11.8 Å². The highest BCUT2D eigenvalue weighted by atomic mass is 16.2. The molecule has 2 aromatic carbocycles. The van der Waals surface area contributed by atoms with Crippen molar-refractivity contribution in [1.29, 1.82) is 0 Å². The molecule has 0 radical (unpaired) electrons. The van der Waals surface area contributed by atoms with Gasteiger partial charge in [0.1, 0.15) is 5.66 Å². The number of carbonyl (C=O) groups is 3. The number of rotatable bonds is 5. The van der Waals surface area contributed by atoms with E-state index >= 15 is 0 Å². The molecular formula is C27H31N3O3. The van der Waals surface area contributed by atoms with Gasteiger partial charge in [-0.3, -0.25) is 19.3 Å². The van der Waals surface area contributed by atoms with E-state index in [4.69, 9.17) is 0 Å². The van der Waals surface area contributed by atoms with Crippen LogP contribution < -0.4 is 4.90 Å². The van der Waals surface area contributed by atoms with Crippen LogP contribution in [0, 0.1) is 6.92 Å². The second-order valence-electron chi connectivity index (χ2n) is 9.63. The molecule has 0 bridgehead atoms. The fraction of sp³-hybridized carbons (Fsp3) is 0.444. The molecule has 2 saturated heterocycles. The van der Waals surface area contributed by atoms with Crippen molar-refractivity contribution in [2.75, 3.05) is 18.0 Å². The molecule has 3 amide bonds. The maximum Gasteiger partial charge on any atom is 0.257 e. The number of likely N-dealkylation sites (tertiary alicyclic amines) is 1. The first-order valence-corrected chi connectivity index (χ1v) is 12.0. The number of aryl methyl sites for hydroxylation is 1. The average molecular weight is 446 g/mol. The second-order valence-corrected chi connectivity index (χ2v) is 9.63. The number of amides is 3. The Kier molecular flexibility index (Phi) is 5.47. The molecule has 0 saturated carbocycles. The van der Waals surface area contributed by atoms with Crippen LogP contribution in [0.4, 0.5) is 5.69 Å². The SMILES string of the molecule is Cc1ccccc1C1CCCN1C(=O)CCCN1C(=O)c2ccccc2N2C(=O)CCC12C. The van der Waals surface area contributed by atoms with Crippen LogP contribution in [0.5, 0.6) is 0 Å². The lowest BCUT2D eigenvalue weighted by Gasteiger charge is -2.48. The maximum absolute atomic E-state index is 13.4. The Morgan fingerprint density at radius 2 is 1.85 bits per heavy atom. The van der Waals surface area contributed by atoms with E-state index < -0.39 is 5.66 Å². The smallest absolute Gasteiger partial charge is 0.257 e. The van der Waals surface area contributed by atoms with Crippen LogP contribution in [0.1, 0.15) is 73.0 Å². The molecule has 5 rings (SSSR count). The minimum Gasteiger partial charge on any atom is -0.336 e. The number of para-hydroxylation sites is 1. The molecule has 3 aliphatic rings. The van der Waals surface area contributed by atoms with Gasteiger partial charge in [0, 0.05) is 25.9 Å².